The first-order valence-electron chi connectivity index (χ1n) is 5.55. The summed E-state index contributed by atoms with van der Waals surface area (Å²) in [5, 5.41) is 3.41. The summed E-state index contributed by atoms with van der Waals surface area (Å²) in [5.41, 5.74) is 2.59. The molecule has 15 heavy (non-hydrogen) atoms. The molecule has 1 unspecified atom stereocenters. The van der Waals surface area contributed by atoms with E-state index in [4.69, 9.17) is 4.74 Å². The Labute approximate surface area is 91.6 Å². The zero-order valence-corrected chi connectivity index (χ0v) is 9.71. The molecule has 1 heterocycles. The van der Waals surface area contributed by atoms with Gasteiger partial charge in [-0.1, -0.05) is 24.3 Å². The SMILES string of the molecule is CC(C)(C)OC1NCCc2ccccc21. The molecular weight excluding hydrogens is 186 g/mol. The van der Waals surface area contributed by atoms with Crippen LogP contribution in [-0.4, -0.2) is 12.1 Å². The summed E-state index contributed by atoms with van der Waals surface area (Å²) >= 11 is 0. The van der Waals surface area contributed by atoms with Crippen molar-refractivity contribution in [3.63, 3.8) is 0 Å². The Morgan fingerprint density at radius 3 is 2.73 bits per heavy atom. The van der Waals surface area contributed by atoms with Crippen LogP contribution in [0.15, 0.2) is 24.3 Å². The van der Waals surface area contributed by atoms with Gasteiger partial charge in [0, 0.05) is 6.54 Å². The lowest BCUT2D eigenvalue weighted by Crippen LogP contribution is -2.36. The molecule has 0 bridgehead atoms. The molecule has 2 nitrogen and oxygen atoms in total. The summed E-state index contributed by atoms with van der Waals surface area (Å²) in [6, 6.07) is 8.51. The van der Waals surface area contributed by atoms with Crippen LogP contribution in [0, 0.1) is 0 Å². The van der Waals surface area contributed by atoms with Crippen molar-refractivity contribution in [3.8, 4) is 0 Å². The third-order valence-corrected chi connectivity index (χ3v) is 2.53. The quantitative estimate of drug-likeness (QED) is 0.761. The van der Waals surface area contributed by atoms with Crippen molar-refractivity contribution in [3.05, 3.63) is 35.4 Å². The molecule has 1 atom stereocenters. The van der Waals surface area contributed by atoms with Crippen molar-refractivity contribution >= 4 is 0 Å². The highest BCUT2D eigenvalue weighted by Crippen LogP contribution is 2.27. The van der Waals surface area contributed by atoms with E-state index in [1.54, 1.807) is 0 Å². The van der Waals surface area contributed by atoms with Crippen molar-refractivity contribution in [1.29, 1.82) is 0 Å². The van der Waals surface area contributed by atoms with Crippen LogP contribution in [0.25, 0.3) is 0 Å². The molecule has 0 fully saturated rings. The molecule has 0 amide bonds. The predicted molar refractivity (Wildman–Crippen MR) is 61.7 cm³/mol. The summed E-state index contributed by atoms with van der Waals surface area (Å²) < 4.78 is 5.99. The van der Waals surface area contributed by atoms with Gasteiger partial charge in [0.2, 0.25) is 0 Å². The highest BCUT2D eigenvalue weighted by molar-refractivity contribution is 5.31. The molecule has 0 aliphatic carbocycles. The minimum Gasteiger partial charge on any atom is -0.353 e. The van der Waals surface area contributed by atoms with Gasteiger partial charge in [-0.05, 0) is 38.3 Å². The van der Waals surface area contributed by atoms with Gasteiger partial charge >= 0.3 is 0 Å². The van der Waals surface area contributed by atoms with E-state index in [9.17, 15) is 0 Å². The molecule has 1 aliphatic rings. The molecule has 0 spiro atoms. The van der Waals surface area contributed by atoms with Crippen molar-refractivity contribution < 1.29 is 4.74 Å². The van der Waals surface area contributed by atoms with Gasteiger partial charge in [-0.2, -0.15) is 0 Å². The molecular formula is C13H19NO. The van der Waals surface area contributed by atoms with Gasteiger partial charge in [0.15, 0.2) is 0 Å². The Morgan fingerprint density at radius 1 is 1.27 bits per heavy atom. The molecule has 1 aliphatic heterocycles. The number of fused-ring (bicyclic) bond motifs is 1. The summed E-state index contributed by atoms with van der Waals surface area (Å²) in [5.74, 6) is 0. The molecule has 0 saturated carbocycles. The van der Waals surface area contributed by atoms with Gasteiger partial charge in [0.25, 0.3) is 0 Å². The second kappa shape index (κ2) is 3.95. The third-order valence-electron chi connectivity index (χ3n) is 2.53. The largest absolute Gasteiger partial charge is 0.353 e. The molecule has 0 radical (unpaired) electrons. The number of benzene rings is 1. The molecule has 1 aromatic rings. The van der Waals surface area contributed by atoms with Gasteiger partial charge in [-0.3, -0.25) is 5.32 Å². The van der Waals surface area contributed by atoms with E-state index in [1.807, 2.05) is 0 Å². The monoisotopic (exact) mass is 205 g/mol. The van der Waals surface area contributed by atoms with E-state index in [-0.39, 0.29) is 11.8 Å². The summed E-state index contributed by atoms with van der Waals surface area (Å²) in [6.45, 7) is 7.27. The normalized spacial score (nSPS) is 21.1. The van der Waals surface area contributed by atoms with Gasteiger partial charge < -0.3 is 4.74 Å². The highest BCUT2D eigenvalue weighted by Gasteiger charge is 2.24. The predicted octanol–water partition coefficient (Wildman–Crippen LogP) is 2.65. The van der Waals surface area contributed by atoms with E-state index in [2.05, 4.69) is 50.4 Å². The number of hydrogen-bond donors (Lipinski definition) is 1. The zero-order valence-electron chi connectivity index (χ0n) is 9.71. The van der Waals surface area contributed by atoms with E-state index in [1.165, 1.54) is 11.1 Å². The van der Waals surface area contributed by atoms with E-state index < -0.39 is 0 Å². The Hall–Kier alpha value is -0.860. The second-order valence-corrected chi connectivity index (χ2v) is 5.01. The Bertz CT molecular complexity index is 341. The van der Waals surface area contributed by atoms with Gasteiger partial charge in [0.05, 0.1) is 5.60 Å². The average molecular weight is 205 g/mol. The number of nitrogens with one attached hydrogen (secondary N) is 1. The van der Waals surface area contributed by atoms with Crippen LogP contribution in [0.5, 0.6) is 0 Å². The maximum absolute atomic E-state index is 5.99. The first-order chi connectivity index (χ1) is 7.06. The van der Waals surface area contributed by atoms with E-state index in [0.717, 1.165) is 13.0 Å². The van der Waals surface area contributed by atoms with Crippen LogP contribution in [0.3, 0.4) is 0 Å². The van der Waals surface area contributed by atoms with Crippen molar-refractivity contribution in [2.24, 2.45) is 0 Å². The van der Waals surface area contributed by atoms with Crippen LogP contribution in [0.2, 0.25) is 0 Å². The van der Waals surface area contributed by atoms with Gasteiger partial charge in [-0.15, -0.1) is 0 Å². The maximum Gasteiger partial charge on any atom is 0.135 e. The molecule has 1 N–H and O–H groups in total. The maximum atomic E-state index is 5.99. The Morgan fingerprint density at radius 2 is 2.00 bits per heavy atom. The lowest BCUT2D eigenvalue weighted by atomic mass is 9.99. The van der Waals surface area contributed by atoms with Gasteiger partial charge in [0.1, 0.15) is 6.23 Å². The molecule has 82 valence electrons. The Balaban J connectivity index is 2.22. The molecule has 0 aromatic heterocycles. The standard InChI is InChI=1S/C13H19NO/c1-13(2,3)15-12-11-7-5-4-6-10(11)8-9-14-12/h4-7,12,14H,8-9H2,1-3H3. The molecule has 2 rings (SSSR count). The lowest BCUT2D eigenvalue weighted by Gasteiger charge is -2.32. The van der Waals surface area contributed by atoms with E-state index in [0.29, 0.717) is 0 Å². The van der Waals surface area contributed by atoms with Crippen LogP contribution in [0.4, 0.5) is 0 Å². The van der Waals surface area contributed by atoms with Crippen LogP contribution in [0.1, 0.15) is 38.1 Å². The summed E-state index contributed by atoms with van der Waals surface area (Å²) in [6.07, 6.45) is 1.15. The lowest BCUT2D eigenvalue weighted by molar-refractivity contribution is -0.0795. The Kier molecular flexibility index (Phi) is 2.81. The van der Waals surface area contributed by atoms with Crippen LogP contribution >= 0.6 is 0 Å². The van der Waals surface area contributed by atoms with Crippen molar-refractivity contribution in [1.82, 2.24) is 5.32 Å². The fourth-order valence-electron chi connectivity index (χ4n) is 1.92. The molecule has 2 heteroatoms. The number of rotatable bonds is 1. The topological polar surface area (TPSA) is 21.3 Å². The fraction of sp³-hybridized carbons (Fsp3) is 0.538. The van der Waals surface area contributed by atoms with Gasteiger partial charge in [-0.25, -0.2) is 0 Å². The van der Waals surface area contributed by atoms with E-state index >= 15 is 0 Å². The fourth-order valence-corrected chi connectivity index (χ4v) is 1.92. The number of ether oxygens (including phenoxy) is 1. The number of hydrogen-bond acceptors (Lipinski definition) is 2. The molecule has 0 saturated heterocycles. The molecule has 1 aromatic carbocycles. The summed E-state index contributed by atoms with van der Waals surface area (Å²) in [4.78, 5) is 0. The van der Waals surface area contributed by atoms with Crippen molar-refractivity contribution in [2.75, 3.05) is 6.54 Å². The van der Waals surface area contributed by atoms with Crippen LogP contribution < -0.4 is 5.32 Å². The average Bonchev–Trinajstić information content (AvgIpc) is 2.16. The third kappa shape index (κ3) is 2.58. The first kappa shape index (κ1) is 10.7. The van der Waals surface area contributed by atoms with Crippen molar-refractivity contribution in [2.45, 2.75) is 39.0 Å². The highest BCUT2D eigenvalue weighted by atomic mass is 16.5. The minimum absolute atomic E-state index is 0.0509. The first-order valence-corrected chi connectivity index (χ1v) is 5.55. The van der Waals surface area contributed by atoms with Crippen LogP contribution in [-0.2, 0) is 11.2 Å². The second-order valence-electron chi connectivity index (χ2n) is 5.01. The summed E-state index contributed by atoms with van der Waals surface area (Å²) in [7, 11) is 0. The zero-order chi connectivity index (χ0) is 10.9. The minimum atomic E-state index is -0.109. The smallest absolute Gasteiger partial charge is 0.135 e.